The highest BCUT2D eigenvalue weighted by Gasteiger charge is 2.15. The summed E-state index contributed by atoms with van der Waals surface area (Å²) in [4.78, 5) is 4.48. The van der Waals surface area contributed by atoms with Crippen molar-refractivity contribution < 1.29 is 14.6 Å². The first-order valence-corrected chi connectivity index (χ1v) is 9.17. The van der Waals surface area contributed by atoms with Gasteiger partial charge in [0.15, 0.2) is 5.96 Å². The second-order valence-corrected chi connectivity index (χ2v) is 6.49. The Morgan fingerprint density at radius 3 is 2.62 bits per heavy atom. The van der Waals surface area contributed by atoms with Crippen LogP contribution in [-0.2, 0) is 4.74 Å². The van der Waals surface area contributed by atoms with E-state index in [9.17, 15) is 5.11 Å². The van der Waals surface area contributed by atoms with Crippen LogP contribution >= 0.6 is 24.0 Å². The second-order valence-electron chi connectivity index (χ2n) is 6.49. The molecule has 0 bridgehead atoms. The van der Waals surface area contributed by atoms with E-state index in [0.29, 0.717) is 12.5 Å². The first-order valence-electron chi connectivity index (χ1n) is 9.17. The van der Waals surface area contributed by atoms with Crippen LogP contribution in [0.2, 0.25) is 0 Å². The SMILES string of the molecule is CCNC(=NCC(O)c1ccc(OC(C)C)cc1)NCC1CCCO1.I. The third kappa shape index (κ3) is 8.09. The standard InChI is InChI=1S/C19H31N3O3.HI/c1-4-20-19(21-12-17-6-5-11-24-17)22-13-18(23)15-7-9-16(10-8-15)25-14(2)3;/h7-10,14,17-18,23H,4-6,11-13H2,1-3H3,(H2,20,21,22);1H. The molecule has 1 aliphatic heterocycles. The van der Waals surface area contributed by atoms with E-state index in [0.717, 1.165) is 43.9 Å². The van der Waals surface area contributed by atoms with E-state index in [1.54, 1.807) is 0 Å². The Kier molecular flexibility index (Phi) is 10.9. The Bertz CT molecular complexity index is 531. The topological polar surface area (TPSA) is 75.1 Å². The van der Waals surface area contributed by atoms with Crippen LogP contribution in [0.3, 0.4) is 0 Å². The average molecular weight is 477 g/mol. The van der Waals surface area contributed by atoms with Gasteiger partial charge in [0.05, 0.1) is 24.9 Å². The summed E-state index contributed by atoms with van der Waals surface area (Å²) in [5.74, 6) is 1.51. The summed E-state index contributed by atoms with van der Waals surface area (Å²) < 4.78 is 11.2. The molecule has 1 fully saturated rings. The number of hydrogen-bond donors (Lipinski definition) is 3. The maximum Gasteiger partial charge on any atom is 0.191 e. The Hall–Kier alpha value is -1.06. The van der Waals surface area contributed by atoms with Gasteiger partial charge >= 0.3 is 0 Å². The molecule has 3 N–H and O–H groups in total. The van der Waals surface area contributed by atoms with Crippen molar-refractivity contribution in [3.8, 4) is 5.75 Å². The van der Waals surface area contributed by atoms with Crippen LogP contribution in [0.15, 0.2) is 29.3 Å². The number of aliphatic imine (C=N–C) groups is 1. The summed E-state index contributed by atoms with van der Waals surface area (Å²) >= 11 is 0. The molecule has 6 nitrogen and oxygen atoms in total. The van der Waals surface area contributed by atoms with Crippen LogP contribution in [0.5, 0.6) is 5.75 Å². The Morgan fingerprint density at radius 1 is 1.31 bits per heavy atom. The van der Waals surface area contributed by atoms with Crippen molar-refractivity contribution in [3.63, 3.8) is 0 Å². The van der Waals surface area contributed by atoms with Crippen molar-refractivity contribution in [1.29, 1.82) is 0 Å². The fraction of sp³-hybridized carbons (Fsp3) is 0.632. The lowest BCUT2D eigenvalue weighted by Gasteiger charge is -2.16. The van der Waals surface area contributed by atoms with Crippen LogP contribution in [0.1, 0.15) is 45.3 Å². The van der Waals surface area contributed by atoms with Crippen molar-refractivity contribution in [1.82, 2.24) is 10.6 Å². The van der Waals surface area contributed by atoms with Crippen LogP contribution in [0.25, 0.3) is 0 Å². The van der Waals surface area contributed by atoms with Gasteiger partial charge in [-0.3, -0.25) is 4.99 Å². The maximum atomic E-state index is 10.4. The van der Waals surface area contributed by atoms with Gasteiger partial charge in [-0.2, -0.15) is 0 Å². The van der Waals surface area contributed by atoms with E-state index < -0.39 is 6.10 Å². The van der Waals surface area contributed by atoms with Gasteiger partial charge in [0.25, 0.3) is 0 Å². The second kappa shape index (κ2) is 12.3. The first-order chi connectivity index (χ1) is 12.1. The average Bonchev–Trinajstić information content (AvgIpc) is 3.10. The van der Waals surface area contributed by atoms with E-state index in [1.807, 2.05) is 45.0 Å². The van der Waals surface area contributed by atoms with E-state index >= 15 is 0 Å². The van der Waals surface area contributed by atoms with Crippen molar-refractivity contribution in [3.05, 3.63) is 29.8 Å². The Balaban J connectivity index is 0.00000338. The van der Waals surface area contributed by atoms with Crippen molar-refractivity contribution in [2.24, 2.45) is 4.99 Å². The molecule has 0 aromatic heterocycles. The van der Waals surface area contributed by atoms with Gasteiger partial charge < -0.3 is 25.2 Å². The van der Waals surface area contributed by atoms with Crippen LogP contribution in [0.4, 0.5) is 0 Å². The first kappa shape index (κ1) is 23.0. The van der Waals surface area contributed by atoms with Gasteiger partial charge in [-0.15, -0.1) is 24.0 Å². The molecule has 148 valence electrons. The summed E-state index contributed by atoms with van der Waals surface area (Å²) in [7, 11) is 0. The molecule has 2 rings (SSSR count). The molecular formula is C19H32IN3O3. The third-order valence-electron chi connectivity index (χ3n) is 3.92. The van der Waals surface area contributed by atoms with E-state index in [-0.39, 0.29) is 36.2 Å². The van der Waals surface area contributed by atoms with Gasteiger partial charge in [-0.05, 0) is 51.3 Å². The molecule has 1 aromatic carbocycles. The van der Waals surface area contributed by atoms with Crippen molar-refractivity contribution in [2.75, 3.05) is 26.2 Å². The minimum Gasteiger partial charge on any atom is -0.491 e. The number of nitrogens with one attached hydrogen (secondary N) is 2. The van der Waals surface area contributed by atoms with Crippen LogP contribution in [0, 0.1) is 0 Å². The molecule has 1 heterocycles. The zero-order valence-electron chi connectivity index (χ0n) is 15.9. The molecule has 1 aromatic rings. The summed E-state index contributed by atoms with van der Waals surface area (Å²) in [5.41, 5.74) is 0.829. The quantitative estimate of drug-likeness (QED) is 0.305. The molecular weight excluding hydrogens is 445 g/mol. The largest absolute Gasteiger partial charge is 0.491 e. The van der Waals surface area contributed by atoms with Gasteiger partial charge in [0, 0.05) is 19.7 Å². The summed E-state index contributed by atoms with van der Waals surface area (Å²) in [6.45, 7) is 8.65. The highest BCUT2D eigenvalue weighted by molar-refractivity contribution is 14.0. The van der Waals surface area contributed by atoms with Gasteiger partial charge in [-0.1, -0.05) is 12.1 Å². The van der Waals surface area contributed by atoms with Crippen molar-refractivity contribution in [2.45, 2.75) is 51.9 Å². The number of aliphatic hydroxyl groups excluding tert-OH is 1. The maximum absolute atomic E-state index is 10.4. The zero-order chi connectivity index (χ0) is 18.1. The smallest absolute Gasteiger partial charge is 0.191 e. The number of hydrogen-bond acceptors (Lipinski definition) is 4. The molecule has 26 heavy (non-hydrogen) atoms. The zero-order valence-corrected chi connectivity index (χ0v) is 18.2. The van der Waals surface area contributed by atoms with Crippen LogP contribution < -0.4 is 15.4 Å². The fourth-order valence-electron chi connectivity index (χ4n) is 2.68. The minimum atomic E-state index is -0.647. The number of benzene rings is 1. The molecule has 1 saturated heterocycles. The van der Waals surface area contributed by atoms with E-state index in [4.69, 9.17) is 9.47 Å². The summed E-state index contributed by atoms with van der Waals surface area (Å²) in [5, 5.41) is 16.8. The molecule has 0 aliphatic carbocycles. The number of nitrogens with zero attached hydrogens (tertiary/aromatic N) is 1. The number of aliphatic hydroxyl groups is 1. The summed E-state index contributed by atoms with van der Waals surface area (Å²) in [6, 6.07) is 7.52. The molecule has 2 unspecified atom stereocenters. The molecule has 0 amide bonds. The number of ether oxygens (including phenoxy) is 2. The summed E-state index contributed by atoms with van der Waals surface area (Å²) in [6.07, 6.45) is 1.95. The van der Waals surface area contributed by atoms with E-state index in [1.165, 1.54) is 0 Å². The normalized spacial score (nSPS) is 18.3. The number of guanidine groups is 1. The lowest BCUT2D eigenvalue weighted by molar-refractivity contribution is 0.113. The molecule has 1 aliphatic rings. The third-order valence-corrected chi connectivity index (χ3v) is 3.92. The predicted octanol–water partition coefficient (Wildman–Crippen LogP) is 2.86. The lowest BCUT2D eigenvalue weighted by Crippen LogP contribution is -2.41. The molecule has 2 atom stereocenters. The minimum absolute atomic E-state index is 0. The van der Waals surface area contributed by atoms with Gasteiger partial charge in [0.2, 0.25) is 0 Å². The Labute approximate surface area is 173 Å². The monoisotopic (exact) mass is 477 g/mol. The highest BCUT2D eigenvalue weighted by Crippen LogP contribution is 2.19. The van der Waals surface area contributed by atoms with Gasteiger partial charge in [0.1, 0.15) is 5.75 Å². The van der Waals surface area contributed by atoms with Gasteiger partial charge in [-0.25, -0.2) is 0 Å². The fourth-order valence-corrected chi connectivity index (χ4v) is 2.68. The molecule has 0 spiro atoms. The number of rotatable bonds is 8. The highest BCUT2D eigenvalue weighted by atomic mass is 127. The molecule has 7 heteroatoms. The lowest BCUT2D eigenvalue weighted by atomic mass is 10.1. The Morgan fingerprint density at radius 2 is 2.04 bits per heavy atom. The van der Waals surface area contributed by atoms with E-state index in [2.05, 4.69) is 15.6 Å². The van der Waals surface area contributed by atoms with Crippen molar-refractivity contribution >= 4 is 29.9 Å². The molecule has 0 saturated carbocycles. The molecule has 0 radical (unpaired) electrons. The van der Waals surface area contributed by atoms with Crippen LogP contribution in [-0.4, -0.2) is 49.5 Å². The number of halogens is 1. The predicted molar refractivity (Wildman–Crippen MR) is 116 cm³/mol.